The Kier molecular flexibility index (Phi) is 4.52. The highest BCUT2D eigenvalue weighted by atomic mass is 35.5. The molecule has 0 atom stereocenters. The lowest BCUT2D eigenvalue weighted by Gasteiger charge is -2.12. The monoisotopic (exact) mass is 417 g/mol. The molecule has 0 saturated heterocycles. The van der Waals surface area contributed by atoms with E-state index in [0.29, 0.717) is 27.2 Å². The Morgan fingerprint density at radius 3 is 2.67 bits per heavy atom. The second-order valence-corrected chi connectivity index (χ2v) is 8.03. The minimum Gasteiger partial charge on any atom is -0.506 e. The molecule has 5 heteroatoms. The van der Waals surface area contributed by atoms with Crippen LogP contribution in [0.2, 0.25) is 5.02 Å². The van der Waals surface area contributed by atoms with Crippen molar-refractivity contribution in [2.45, 2.75) is 19.3 Å². The van der Waals surface area contributed by atoms with Crippen LogP contribution in [0.5, 0.6) is 11.5 Å². The highest BCUT2D eigenvalue weighted by Gasteiger charge is 2.18. The van der Waals surface area contributed by atoms with Gasteiger partial charge in [-0.3, -0.25) is 4.79 Å². The number of methoxy groups -OCH3 is 1. The second-order valence-electron chi connectivity index (χ2n) is 7.62. The van der Waals surface area contributed by atoms with Gasteiger partial charge in [-0.25, -0.2) is 0 Å². The Morgan fingerprint density at radius 1 is 1.00 bits per heavy atom. The number of aromatic nitrogens is 1. The fourth-order valence-corrected chi connectivity index (χ4v) is 4.58. The van der Waals surface area contributed by atoms with Gasteiger partial charge in [0.15, 0.2) is 0 Å². The molecule has 1 aliphatic carbocycles. The summed E-state index contributed by atoms with van der Waals surface area (Å²) in [6.07, 6.45) is 3.37. The molecule has 2 N–H and O–H groups in total. The summed E-state index contributed by atoms with van der Waals surface area (Å²) in [5.74, 6) is 0.544. The van der Waals surface area contributed by atoms with Crippen LogP contribution in [0.25, 0.3) is 33.2 Å². The summed E-state index contributed by atoms with van der Waals surface area (Å²) >= 11 is 6.57. The average molecular weight is 418 g/mol. The summed E-state index contributed by atoms with van der Waals surface area (Å²) in [5, 5.41) is 12.1. The number of aromatic amines is 1. The van der Waals surface area contributed by atoms with E-state index in [1.165, 1.54) is 17.5 Å². The molecular formula is C25H20ClNO3. The third kappa shape index (κ3) is 3.04. The number of benzene rings is 3. The first-order valence-corrected chi connectivity index (χ1v) is 10.3. The highest BCUT2D eigenvalue weighted by molar-refractivity contribution is 6.34. The molecule has 150 valence electrons. The number of aryl methyl sites for hydroxylation is 2. The number of halogens is 1. The van der Waals surface area contributed by atoms with Crippen LogP contribution in [0.4, 0.5) is 0 Å². The van der Waals surface area contributed by atoms with E-state index in [0.717, 1.165) is 24.0 Å². The Morgan fingerprint density at radius 2 is 1.83 bits per heavy atom. The number of hydrogen-bond acceptors (Lipinski definition) is 3. The number of fused-ring (bicyclic) bond motifs is 2. The summed E-state index contributed by atoms with van der Waals surface area (Å²) in [6.45, 7) is 0. The van der Waals surface area contributed by atoms with E-state index in [2.05, 4.69) is 23.2 Å². The lowest BCUT2D eigenvalue weighted by Crippen LogP contribution is -2.09. The smallest absolute Gasteiger partial charge is 0.260 e. The summed E-state index contributed by atoms with van der Waals surface area (Å²) in [5.41, 5.74) is 5.50. The number of ether oxygens (including phenoxy) is 1. The zero-order valence-electron chi connectivity index (χ0n) is 16.5. The number of nitrogens with one attached hydrogen (secondary N) is 1. The van der Waals surface area contributed by atoms with Crippen LogP contribution in [-0.2, 0) is 12.8 Å². The molecule has 1 aliphatic rings. The van der Waals surface area contributed by atoms with Crippen molar-refractivity contribution in [2.24, 2.45) is 0 Å². The first-order chi connectivity index (χ1) is 14.5. The van der Waals surface area contributed by atoms with Crippen LogP contribution in [0, 0.1) is 0 Å². The van der Waals surface area contributed by atoms with Gasteiger partial charge in [-0.05, 0) is 65.8 Å². The molecule has 1 heterocycles. The van der Waals surface area contributed by atoms with E-state index in [1.54, 1.807) is 37.4 Å². The van der Waals surface area contributed by atoms with Crippen molar-refractivity contribution in [3.63, 3.8) is 0 Å². The van der Waals surface area contributed by atoms with Gasteiger partial charge in [0.2, 0.25) is 0 Å². The van der Waals surface area contributed by atoms with Crippen LogP contribution < -0.4 is 10.3 Å². The van der Waals surface area contributed by atoms with E-state index < -0.39 is 0 Å². The van der Waals surface area contributed by atoms with Gasteiger partial charge in [-0.2, -0.15) is 0 Å². The lowest BCUT2D eigenvalue weighted by molar-refractivity contribution is 0.415. The predicted octanol–water partition coefficient (Wildman–Crippen LogP) is 5.72. The minimum absolute atomic E-state index is 0.0684. The maximum atomic E-state index is 12.7. The zero-order valence-corrected chi connectivity index (χ0v) is 17.2. The maximum Gasteiger partial charge on any atom is 0.260 e. The molecule has 0 radical (unpaired) electrons. The van der Waals surface area contributed by atoms with Crippen molar-refractivity contribution in [3.05, 3.63) is 81.1 Å². The van der Waals surface area contributed by atoms with Gasteiger partial charge >= 0.3 is 0 Å². The molecule has 0 saturated carbocycles. The van der Waals surface area contributed by atoms with Gasteiger partial charge < -0.3 is 14.8 Å². The molecule has 0 aliphatic heterocycles. The van der Waals surface area contributed by atoms with Crippen LogP contribution >= 0.6 is 11.6 Å². The largest absolute Gasteiger partial charge is 0.506 e. The summed E-state index contributed by atoms with van der Waals surface area (Å²) in [7, 11) is 1.56. The number of H-pyrrole nitrogens is 1. The Labute approximate surface area is 178 Å². The van der Waals surface area contributed by atoms with Crippen LogP contribution in [0.3, 0.4) is 0 Å². The van der Waals surface area contributed by atoms with Crippen molar-refractivity contribution in [1.29, 1.82) is 0 Å². The highest BCUT2D eigenvalue weighted by Crippen LogP contribution is 2.39. The van der Waals surface area contributed by atoms with E-state index in [-0.39, 0.29) is 16.9 Å². The van der Waals surface area contributed by atoms with Crippen LogP contribution in [0.15, 0.2) is 59.4 Å². The third-order valence-electron chi connectivity index (χ3n) is 5.84. The van der Waals surface area contributed by atoms with Crippen molar-refractivity contribution >= 4 is 22.5 Å². The van der Waals surface area contributed by atoms with Crippen molar-refractivity contribution < 1.29 is 9.84 Å². The number of aromatic hydroxyl groups is 1. The van der Waals surface area contributed by atoms with Crippen LogP contribution in [0.1, 0.15) is 17.5 Å². The molecule has 0 spiro atoms. The summed E-state index contributed by atoms with van der Waals surface area (Å²) in [4.78, 5) is 15.6. The Bertz CT molecular complexity index is 1360. The van der Waals surface area contributed by atoms with E-state index >= 15 is 0 Å². The number of hydrogen-bond donors (Lipinski definition) is 2. The normalized spacial score (nSPS) is 12.9. The SMILES string of the molecule is COc1cccc(-c2c(O)c3cc(-c4ccc5c(c4)CCC5)c(Cl)cc3[nH]c2=O)c1. The fourth-order valence-electron chi connectivity index (χ4n) is 4.31. The van der Waals surface area contributed by atoms with Gasteiger partial charge in [0.05, 0.1) is 23.2 Å². The molecule has 1 aromatic heterocycles. The predicted molar refractivity (Wildman–Crippen MR) is 121 cm³/mol. The van der Waals surface area contributed by atoms with Gasteiger partial charge in [0, 0.05) is 10.9 Å². The van der Waals surface area contributed by atoms with E-state index in [9.17, 15) is 9.90 Å². The molecule has 4 aromatic rings. The fraction of sp³-hybridized carbons (Fsp3) is 0.160. The first-order valence-electron chi connectivity index (χ1n) is 9.90. The van der Waals surface area contributed by atoms with Gasteiger partial charge in [-0.15, -0.1) is 0 Å². The quantitative estimate of drug-likeness (QED) is 0.448. The first kappa shape index (κ1) is 18.8. The van der Waals surface area contributed by atoms with Gasteiger partial charge in [0.1, 0.15) is 11.5 Å². The number of rotatable bonds is 3. The van der Waals surface area contributed by atoms with E-state index in [1.807, 2.05) is 6.07 Å². The molecule has 5 rings (SSSR count). The minimum atomic E-state index is -0.380. The molecule has 0 amide bonds. The second kappa shape index (κ2) is 7.22. The van der Waals surface area contributed by atoms with Gasteiger partial charge in [-0.1, -0.05) is 41.9 Å². The third-order valence-corrected chi connectivity index (χ3v) is 6.16. The topological polar surface area (TPSA) is 62.3 Å². The summed E-state index contributed by atoms with van der Waals surface area (Å²) < 4.78 is 5.26. The Balaban J connectivity index is 1.72. The molecule has 0 fully saturated rings. The van der Waals surface area contributed by atoms with Crippen molar-refractivity contribution in [3.8, 4) is 33.8 Å². The zero-order chi connectivity index (χ0) is 20.8. The summed E-state index contributed by atoms with van der Waals surface area (Å²) in [6, 6.07) is 17.1. The molecule has 0 bridgehead atoms. The lowest BCUT2D eigenvalue weighted by atomic mass is 9.97. The standard InChI is InChI=1S/C25H20ClNO3/c1-30-18-7-3-6-17(11-18)23-24(28)20-12-19(21(26)13-22(20)27-25(23)29)16-9-8-14-4-2-5-15(14)10-16/h3,6-13H,2,4-5H2,1H3,(H2,27,28,29). The van der Waals surface area contributed by atoms with Crippen LogP contribution in [-0.4, -0.2) is 17.2 Å². The molecule has 0 unspecified atom stereocenters. The average Bonchev–Trinajstić information content (AvgIpc) is 3.21. The molecule has 4 nitrogen and oxygen atoms in total. The van der Waals surface area contributed by atoms with Crippen molar-refractivity contribution in [2.75, 3.05) is 7.11 Å². The van der Waals surface area contributed by atoms with E-state index in [4.69, 9.17) is 16.3 Å². The number of pyridine rings is 1. The molecule has 3 aromatic carbocycles. The molecular weight excluding hydrogens is 398 g/mol. The Hall–Kier alpha value is -3.24. The molecule has 30 heavy (non-hydrogen) atoms. The van der Waals surface area contributed by atoms with Crippen molar-refractivity contribution in [1.82, 2.24) is 4.98 Å². The maximum absolute atomic E-state index is 12.7. The van der Waals surface area contributed by atoms with Gasteiger partial charge in [0.25, 0.3) is 5.56 Å².